The summed E-state index contributed by atoms with van der Waals surface area (Å²) in [6.45, 7) is 11.0. The molecule has 346 valence electrons. The summed E-state index contributed by atoms with van der Waals surface area (Å²) in [5.41, 5.74) is 11.0. The predicted octanol–water partition coefficient (Wildman–Crippen LogP) is 1.88. The summed E-state index contributed by atoms with van der Waals surface area (Å²) in [5.74, 6) is 1.91. The minimum atomic E-state index is -0.735. The molecule has 0 radical (unpaired) electrons. The average Bonchev–Trinajstić information content (AvgIpc) is 3.23. The Kier molecular flexibility index (Phi) is 44.9. The first-order chi connectivity index (χ1) is 28.8. The van der Waals surface area contributed by atoms with E-state index in [1.165, 1.54) is 17.9 Å². The van der Waals surface area contributed by atoms with Gasteiger partial charge >= 0.3 is 5.97 Å². The van der Waals surface area contributed by atoms with E-state index in [2.05, 4.69) is 42.5 Å². The quantitative estimate of drug-likeness (QED) is 0.0238. The van der Waals surface area contributed by atoms with E-state index in [1.807, 2.05) is 0 Å². The molecule has 16 nitrogen and oxygen atoms in total. The van der Waals surface area contributed by atoms with Crippen LogP contribution in [0.25, 0.3) is 0 Å². The van der Waals surface area contributed by atoms with Crippen LogP contribution in [0, 0.1) is 0 Å². The smallest absolute Gasteiger partial charge is 0.328 e. The number of carbonyl (C=O) groups excluding carboxylic acids is 5. The molecule has 0 saturated carbocycles. The number of methoxy groups -OCH3 is 1. The Morgan fingerprint density at radius 3 is 1.14 bits per heavy atom. The molecular formula is C39H80N10O6S4. The lowest BCUT2D eigenvalue weighted by Crippen LogP contribution is -2.41. The zero-order valence-corrected chi connectivity index (χ0v) is 39.2. The lowest BCUT2D eigenvalue weighted by molar-refractivity contribution is -0.145. The van der Waals surface area contributed by atoms with Crippen molar-refractivity contribution in [3.63, 3.8) is 0 Å². The van der Waals surface area contributed by atoms with Gasteiger partial charge < -0.3 is 58.7 Å². The molecule has 1 atom stereocenters. The minimum absolute atomic E-state index is 0.0303. The fourth-order valence-corrected chi connectivity index (χ4v) is 9.19. The maximum Gasteiger partial charge on any atom is 0.328 e. The molecule has 0 rings (SSSR count). The Morgan fingerprint density at radius 2 is 0.763 bits per heavy atom. The fourth-order valence-electron chi connectivity index (χ4n) is 5.23. The van der Waals surface area contributed by atoms with Crippen molar-refractivity contribution in [1.82, 2.24) is 42.5 Å². The van der Waals surface area contributed by atoms with Gasteiger partial charge in [-0.15, -0.1) is 0 Å². The summed E-state index contributed by atoms with van der Waals surface area (Å²) >= 11 is 0. The molecule has 1 unspecified atom stereocenters. The van der Waals surface area contributed by atoms with Crippen LogP contribution in [0.5, 0.6) is 0 Å². The van der Waals surface area contributed by atoms with Crippen LogP contribution >= 0.6 is 43.2 Å². The number of unbranched alkanes of at least 4 members (excludes halogenated alkanes) is 3. The molecular weight excluding hydrogens is 833 g/mol. The van der Waals surface area contributed by atoms with Crippen LogP contribution < -0.4 is 54.0 Å². The normalized spacial score (nSPS) is 11.6. The number of esters is 1. The molecule has 0 aromatic carbocycles. The molecule has 0 heterocycles. The van der Waals surface area contributed by atoms with Gasteiger partial charge in [0.1, 0.15) is 6.04 Å². The molecule has 12 N–H and O–H groups in total. The summed E-state index contributed by atoms with van der Waals surface area (Å²) in [5, 5.41) is 25.2. The maximum absolute atomic E-state index is 12.5. The van der Waals surface area contributed by atoms with Crippen LogP contribution in [0.4, 0.5) is 0 Å². The van der Waals surface area contributed by atoms with Gasteiger partial charge in [-0.2, -0.15) is 0 Å². The highest BCUT2D eigenvalue weighted by molar-refractivity contribution is 8.77. The Labute approximate surface area is 371 Å². The van der Waals surface area contributed by atoms with Gasteiger partial charge in [-0.1, -0.05) is 43.2 Å². The van der Waals surface area contributed by atoms with Crippen molar-refractivity contribution in [2.75, 3.05) is 115 Å². The van der Waals surface area contributed by atoms with Crippen LogP contribution in [-0.2, 0) is 28.7 Å². The third-order valence-corrected chi connectivity index (χ3v) is 13.4. The van der Waals surface area contributed by atoms with Crippen molar-refractivity contribution < 1.29 is 28.7 Å². The molecule has 4 amide bonds. The molecule has 0 aliphatic rings. The Bertz CT molecular complexity index is 1040. The zero-order valence-electron chi connectivity index (χ0n) is 35.9. The number of nitrogens with two attached hydrogens (primary N) is 2. The SMILES string of the molecule is COC(=O)C(CCCCNC(=O)CCSSCCC(=O)NCCCNCCCCNCCCN)NC(=O)CCSSCCC(=O)NCCCNCCCCNCCCN. The predicted molar refractivity (Wildman–Crippen MR) is 252 cm³/mol. The average molecular weight is 913 g/mol. The van der Waals surface area contributed by atoms with E-state index in [1.54, 1.807) is 32.4 Å². The lowest BCUT2D eigenvalue weighted by Gasteiger charge is -2.16. The minimum Gasteiger partial charge on any atom is -0.467 e. The first kappa shape index (κ1) is 57.5. The Hall–Kier alpha value is -1.49. The van der Waals surface area contributed by atoms with Crippen LogP contribution in [0.15, 0.2) is 0 Å². The molecule has 0 aromatic heterocycles. The molecule has 0 spiro atoms. The number of carbonyl (C=O) groups is 5. The molecule has 0 bridgehead atoms. The second-order valence-electron chi connectivity index (χ2n) is 13.9. The number of hydrogen-bond acceptors (Lipinski definition) is 16. The molecule has 59 heavy (non-hydrogen) atoms. The van der Waals surface area contributed by atoms with E-state index in [0.717, 1.165) is 117 Å². The monoisotopic (exact) mass is 913 g/mol. The summed E-state index contributed by atoms with van der Waals surface area (Å²) < 4.78 is 4.89. The molecule has 0 aromatic rings. The van der Waals surface area contributed by atoms with Crippen LogP contribution in [0.3, 0.4) is 0 Å². The second-order valence-corrected chi connectivity index (χ2v) is 19.3. The lowest BCUT2D eigenvalue weighted by atomic mass is 10.1. The van der Waals surface area contributed by atoms with Crippen molar-refractivity contribution in [1.29, 1.82) is 0 Å². The van der Waals surface area contributed by atoms with E-state index in [9.17, 15) is 24.0 Å². The van der Waals surface area contributed by atoms with Crippen LogP contribution in [-0.4, -0.2) is 151 Å². The molecule has 0 aliphatic heterocycles. The van der Waals surface area contributed by atoms with Gasteiger partial charge in [0.15, 0.2) is 0 Å². The second kappa shape index (κ2) is 46.0. The third kappa shape index (κ3) is 43.0. The van der Waals surface area contributed by atoms with E-state index in [-0.39, 0.29) is 30.0 Å². The third-order valence-electron chi connectivity index (χ3n) is 8.61. The number of hydrogen-bond donors (Lipinski definition) is 10. The van der Waals surface area contributed by atoms with Gasteiger partial charge in [0.2, 0.25) is 23.6 Å². The van der Waals surface area contributed by atoms with Gasteiger partial charge in [0, 0.05) is 68.3 Å². The fraction of sp³-hybridized carbons (Fsp3) is 0.872. The van der Waals surface area contributed by atoms with E-state index < -0.39 is 12.0 Å². The van der Waals surface area contributed by atoms with Crippen LogP contribution in [0.1, 0.15) is 96.3 Å². The Morgan fingerprint density at radius 1 is 0.441 bits per heavy atom. The highest BCUT2D eigenvalue weighted by Crippen LogP contribution is 2.23. The zero-order chi connectivity index (χ0) is 43.3. The van der Waals surface area contributed by atoms with Crippen molar-refractivity contribution in [3.05, 3.63) is 0 Å². The molecule has 0 saturated heterocycles. The van der Waals surface area contributed by atoms with Crippen molar-refractivity contribution in [2.45, 2.75) is 102 Å². The molecule has 0 fully saturated rings. The first-order valence-corrected chi connectivity index (χ1v) is 26.7. The number of amides is 4. The van der Waals surface area contributed by atoms with Gasteiger partial charge in [0.25, 0.3) is 0 Å². The van der Waals surface area contributed by atoms with E-state index in [0.29, 0.717) is 81.2 Å². The van der Waals surface area contributed by atoms with Crippen molar-refractivity contribution in [3.8, 4) is 0 Å². The van der Waals surface area contributed by atoms with Gasteiger partial charge in [-0.3, -0.25) is 19.2 Å². The van der Waals surface area contributed by atoms with Crippen molar-refractivity contribution >= 4 is 72.8 Å². The Balaban J connectivity index is 3.74. The van der Waals surface area contributed by atoms with E-state index >= 15 is 0 Å². The molecule has 0 aliphatic carbocycles. The summed E-state index contributed by atoms with van der Waals surface area (Å²) in [6, 6.07) is -0.735. The van der Waals surface area contributed by atoms with Gasteiger partial charge in [-0.25, -0.2) is 4.79 Å². The highest BCUT2D eigenvalue weighted by Gasteiger charge is 2.21. The summed E-state index contributed by atoms with van der Waals surface area (Å²) in [4.78, 5) is 61.2. The van der Waals surface area contributed by atoms with E-state index in [4.69, 9.17) is 16.2 Å². The summed E-state index contributed by atoms with van der Waals surface area (Å²) in [7, 11) is 7.57. The van der Waals surface area contributed by atoms with Gasteiger partial charge in [-0.05, 0) is 136 Å². The summed E-state index contributed by atoms with van der Waals surface area (Å²) in [6.07, 6.45) is 11.6. The maximum atomic E-state index is 12.5. The standard InChI is InChI=1S/C39H80N10O6S4/c1-55-39(54)34(49-38(53)16-33-59-58-32-15-37(52)48-29-11-26-45-22-7-5-20-43-24-9-18-41)12-2-3-27-46-35(50)13-30-56-57-31-14-36(51)47-28-10-25-44-21-6-4-19-42-23-8-17-40/h34,42-45H,2-33,40-41H2,1H3,(H,46,50)(H,47,51)(H,48,52)(H,49,53). The highest BCUT2D eigenvalue weighted by atomic mass is 33.1. The van der Waals surface area contributed by atoms with Gasteiger partial charge in [0.05, 0.1) is 7.11 Å². The first-order valence-electron chi connectivity index (χ1n) is 21.7. The van der Waals surface area contributed by atoms with Crippen molar-refractivity contribution in [2.24, 2.45) is 11.5 Å². The number of nitrogens with one attached hydrogen (secondary N) is 8. The number of rotatable bonds is 45. The topological polar surface area (TPSA) is 243 Å². The molecule has 20 heteroatoms. The largest absolute Gasteiger partial charge is 0.467 e. The van der Waals surface area contributed by atoms with Crippen LogP contribution in [0.2, 0.25) is 0 Å². The number of ether oxygens (including phenoxy) is 1.